The Kier molecular flexibility index (Phi) is 10.0. The van der Waals surface area contributed by atoms with Gasteiger partial charge in [-0.15, -0.1) is 0 Å². The second kappa shape index (κ2) is 11.7. The molecule has 144 valence electrons. The average Bonchev–Trinajstić information content (AvgIpc) is 2.59. The van der Waals surface area contributed by atoms with E-state index in [1.54, 1.807) is 7.05 Å². The first-order chi connectivity index (χ1) is 12.4. The molecule has 0 aliphatic carbocycles. The maximum absolute atomic E-state index is 12.8. The van der Waals surface area contributed by atoms with Crippen LogP contribution in [0.2, 0.25) is 0 Å². The first-order valence-electron chi connectivity index (χ1n) is 8.78. The molecule has 0 aliphatic rings. The smallest absolute Gasteiger partial charge is 0.311 e. The number of nitrogens with one attached hydrogen (secondary N) is 2. The van der Waals surface area contributed by atoms with Crippen LogP contribution in [0.4, 0.5) is 0 Å². The van der Waals surface area contributed by atoms with Crippen molar-refractivity contribution in [1.29, 1.82) is 0 Å². The lowest BCUT2D eigenvalue weighted by Crippen LogP contribution is -2.42. The van der Waals surface area contributed by atoms with Crippen LogP contribution in [0.15, 0.2) is 28.6 Å². The van der Waals surface area contributed by atoms with Gasteiger partial charge in [-0.1, -0.05) is 62.4 Å². The van der Waals surface area contributed by atoms with Crippen LogP contribution >= 0.6 is 12.2 Å². The molecule has 1 aromatic carbocycles. The van der Waals surface area contributed by atoms with E-state index in [2.05, 4.69) is 21.9 Å². The van der Waals surface area contributed by atoms with Gasteiger partial charge >= 0.3 is 10.5 Å². The summed E-state index contributed by atoms with van der Waals surface area (Å²) in [5.41, 5.74) is 1.78. The molecule has 2 unspecified atom stereocenters. The van der Waals surface area contributed by atoms with Gasteiger partial charge in [0.2, 0.25) is 5.91 Å². The van der Waals surface area contributed by atoms with Gasteiger partial charge in [0.15, 0.2) is 5.11 Å². The van der Waals surface area contributed by atoms with Crippen molar-refractivity contribution in [2.45, 2.75) is 57.9 Å². The number of unbranched alkanes of at least 4 members (excludes halogenated alkanes) is 3. The third-order valence-electron chi connectivity index (χ3n) is 4.14. The zero-order chi connectivity index (χ0) is 19.5. The maximum Gasteiger partial charge on any atom is 0.311 e. The second-order valence-corrected chi connectivity index (χ2v) is 7.25. The Bertz CT molecular complexity index is 723. The summed E-state index contributed by atoms with van der Waals surface area (Å²) < 4.78 is 26.3. The topological polar surface area (TPSA) is 87.6 Å². The molecule has 0 saturated carbocycles. The lowest BCUT2D eigenvalue weighted by Gasteiger charge is -2.23. The molecule has 26 heavy (non-hydrogen) atoms. The van der Waals surface area contributed by atoms with Crippen LogP contribution < -0.4 is 10.6 Å². The van der Waals surface area contributed by atoms with E-state index in [1.165, 1.54) is 0 Å². The highest BCUT2D eigenvalue weighted by atomic mass is 32.2. The quantitative estimate of drug-likeness (QED) is 0.494. The number of thiocarbonyl (C=S) groups is 1. The molecule has 0 radical (unpaired) electrons. The number of rotatable bonds is 9. The fourth-order valence-electron chi connectivity index (χ4n) is 2.75. The summed E-state index contributed by atoms with van der Waals surface area (Å²) in [7, 11) is -0.972. The lowest BCUT2D eigenvalue weighted by atomic mass is 9.87. The summed E-state index contributed by atoms with van der Waals surface area (Å²) in [6.07, 6.45) is 4.45. The highest BCUT2D eigenvalue weighted by Gasteiger charge is 2.30. The SMILES string of the molecule is CCCCCCC(N=S(=O)=O)C(C(=O)NC(=S)NC)c1ccc(C)cc1. The molecule has 8 heteroatoms. The number of amides is 1. The predicted octanol–water partition coefficient (Wildman–Crippen LogP) is 3.10. The fourth-order valence-corrected chi connectivity index (χ4v) is 3.29. The Labute approximate surface area is 162 Å². The molecular weight excluding hydrogens is 370 g/mol. The largest absolute Gasteiger partial charge is 0.365 e. The van der Waals surface area contributed by atoms with Crippen LogP contribution in [-0.2, 0) is 15.3 Å². The molecule has 0 spiro atoms. The van der Waals surface area contributed by atoms with E-state index < -0.39 is 22.5 Å². The van der Waals surface area contributed by atoms with Crippen LogP contribution in [0.1, 0.15) is 56.1 Å². The number of nitrogens with zero attached hydrogens (tertiary/aromatic N) is 1. The molecule has 6 nitrogen and oxygen atoms in total. The van der Waals surface area contributed by atoms with Crippen LogP contribution in [0, 0.1) is 6.92 Å². The molecule has 0 saturated heterocycles. The van der Waals surface area contributed by atoms with Crippen molar-refractivity contribution in [1.82, 2.24) is 10.6 Å². The van der Waals surface area contributed by atoms with E-state index in [9.17, 15) is 13.2 Å². The summed E-state index contributed by atoms with van der Waals surface area (Å²) in [4.78, 5) is 12.8. The van der Waals surface area contributed by atoms with E-state index in [4.69, 9.17) is 12.2 Å². The van der Waals surface area contributed by atoms with Gasteiger partial charge in [-0.2, -0.15) is 12.8 Å². The highest BCUT2D eigenvalue weighted by molar-refractivity contribution is 7.80. The first kappa shape index (κ1) is 22.2. The van der Waals surface area contributed by atoms with Gasteiger partial charge < -0.3 is 10.6 Å². The summed E-state index contributed by atoms with van der Waals surface area (Å²) in [6, 6.07) is 6.81. The van der Waals surface area contributed by atoms with E-state index in [0.29, 0.717) is 6.42 Å². The number of hydrogen-bond donors (Lipinski definition) is 2. The van der Waals surface area contributed by atoms with E-state index in [1.807, 2.05) is 31.2 Å². The first-order valence-corrected chi connectivity index (χ1v) is 10.2. The van der Waals surface area contributed by atoms with Crippen molar-refractivity contribution in [2.24, 2.45) is 4.36 Å². The zero-order valence-electron chi connectivity index (χ0n) is 15.5. The average molecular weight is 398 g/mol. The molecule has 2 N–H and O–H groups in total. The van der Waals surface area contributed by atoms with Crippen molar-refractivity contribution >= 4 is 33.7 Å². The fraction of sp³-hybridized carbons (Fsp3) is 0.556. The number of carbonyl (C=O) groups excluding carboxylic acids is 1. The highest BCUT2D eigenvalue weighted by Crippen LogP contribution is 2.27. The van der Waals surface area contributed by atoms with Gasteiger partial charge in [-0.25, -0.2) is 0 Å². The standard InChI is InChI=1S/C18H27N3O3S2/c1-4-5-6-7-8-15(21-26(23)24)16(17(22)20-18(25)19-3)14-11-9-13(2)10-12-14/h9-12,15-16H,4-8H2,1-3H3,(H2,19,20,22,25). The Morgan fingerprint density at radius 2 is 1.85 bits per heavy atom. The van der Waals surface area contributed by atoms with Gasteiger partial charge in [0, 0.05) is 7.05 Å². The Hall–Kier alpha value is -1.80. The number of benzene rings is 1. The maximum atomic E-state index is 12.8. The molecule has 0 aromatic heterocycles. The van der Waals surface area contributed by atoms with Crippen molar-refractivity contribution in [3.63, 3.8) is 0 Å². The third-order valence-corrected chi connectivity index (χ3v) is 4.89. The predicted molar refractivity (Wildman–Crippen MR) is 108 cm³/mol. The summed E-state index contributed by atoms with van der Waals surface area (Å²) >= 11 is 5.02. The molecule has 0 bridgehead atoms. The molecule has 0 aliphatic heterocycles. The lowest BCUT2D eigenvalue weighted by molar-refractivity contribution is -0.121. The van der Waals surface area contributed by atoms with E-state index in [0.717, 1.165) is 36.8 Å². The monoisotopic (exact) mass is 397 g/mol. The Morgan fingerprint density at radius 1 is 1.19 bits per heavy atom. The van der Waals surface area contributed by atoms with Gasteiger partial charge in [0.25, 0.3) is 0 Å². The Morgan fingerprint density at radius 3 is 2.38 bits per heavy atom. The van der Waals surface area contributed by atoms with Crippen LogP contribution in [-0.4, -0.2) is 32.5 Å². The van der Waals surface area contributed by atoms with Crippen molar-refractivity contribution in [2.75, 3.05) is 7.05 Å². The van der Waals surface area contributed by atoms with Crippen molar-refractivity contribution in [3.8, 4) is 0 Å². The van der Waals surface area contributed by atoms with Crippen LogP contribution in [0.3, 0.4) is 0 Å². The van der Waals surface area contributed by atoms with Crippen LogP contribution in [0.25, 0.3) is 0 Å². The summed E-state index contributed by atoms with van der Waals surface area (Å²) in [6.45, 7) is 4.06. The van der Waals surface area contributed by atoms with E-state index in [-0.39, 0.29) is 11.0 Å². The van der Waals surface area contributed by atoms with Gasteiger partial charge in [-0.3, -0.25) is 4.79 Å². The minimum atomic E-state index is -2.59. The zero-order valence-corrected chi connectivity index (χ0v) is 17.1. The van der Waals surface area contributed by atoms with Gasteiger partial charge in [-0.05, 0) is 31.1 Å². The number of aryl methyl sites for hydroxylation is 1. The van der Waals surface area contributed by atoms with E-state index >= 15 is 0 Å². The van der Waals surface area contributed by atoms with Gasteiger partial charge in [0.05, 0.1) is 12.0 Å². The molecular formula is C18H27N3O3S2. The van der Waals surface area contributed by atoms with Crippen LogP contribution in [0.5, 0.6) is 0 Å². The van der Waals surface area contributed by atoms with Gasteiger partial charge in [0.1, 0.15) is 0 Å². The number of hydrogen-bond acceptors (Lipinski definition) is 5. The van der Waals surface area contributed by atoms with Crippen molar-refractivity contribution < 1.29 is 13.2 Å². The summed E-state index contributed by atoms with van der Waals surface area (Å²) in [5.74, 6) is -1.08. The number of carbonyl (C=O) groups is 1. The molecule has 0 heterocycles. The minimum absolute atomic E-state index is 0.195. The molecule has 1 aromatic rings. The molecule has 1 rings (SSSR count). The summed E-state index contributed by atoms with van der Waals surface area (Å²) in [5, 5.41) is 5.51. The minimum Gasteiger partial charge on any atom is -0.365 e. The normalized spacial score (nSPS) is 12.7. The second-order valence-electron chi connectivity index (χ2n) is 6.20. The van der Waals surface area contributed by atoms with Crippen molar-refractivity contribution in [3.05, 3.63) is 35.4 Å². The molecule has 0 fully saturated rings. The third kappa shape index (κ3) is 7.61. The molecule has 1 amide bonds. The Balaban J connectivity index is 3.18. The molecule has 2 atom stereocenters.